The van der Waals surface area contributed by atoms with E-state index in [1.54, 1.807) is 0 Å². The van der Waals surface area contributed by atoms with Crippen molar-refractivity contribution in [3.05, 3.63) is 52.8 Å². The largest absolute Gasteiger partial charge is 0.493 e. The number of hydrogen-bond donors (Lipinski definition) is 1. The number of carbonyl (C=O) groups excluding carboxylic acids is 1. The molecular formula is C20H19N3O3. The molecule has 1 N–H and O–H groups in total. The quantitative estimate of drug-likeness (QED) is 0.781. The van der Waals surface area contributed by atoms with Gasteiger partial charge < -0.3 is 14.6 Å². The lowest BCUT2D eigenvalue weighted by Gasteiger charge is -2.26. The van der Waals surface area contributed by atoms with E-state index >= 15 is 0 Å². The SMILES string of the molecule is Cc1noc2nc(C3CC3)cc(C(=O)NC3CCOc4ccccc43)c12. The zero-order chi connectivity index (χ0) is 17.7. The van der Waals surface area contributed by atoms with E-state index in [1.807, 2.05) is 37.3 Å². The van der Waals surface area contributed by atoms with Gasteiger partial charge in [-0.15, -0.1) is 0 Å². The monoisotopic (exact) mass is 349 g/mol. The number of carbonyl (C=O) groups is 1. The summed E-state index contributed by atoms with van der Waals surface area (Å²) in [5.41, 5.74) is 3.67. The van der Waals surface area contributed by atoms with E-state index in [0.29, 0.717) is 34.9 Å². The number of pyridine rings is 1. The normalized spacial score (nSPS) is 19.0. The zero-order valence-electron chi connectivity index (χ0n) is 14.5. The highest BCUT2D eigenvalue weighted by molar-refractivity contribution is 6.06. The molecule has 5 rings (SSSR count). The van der Waals surface area contributed by atoms with Crippen molar-refractivity contribution in [2.24, 2.45) is 0 Å². The standard InChI is InChI=1S/C20H19N3O3/c1-11-18-14(10-16(12-6-7-12)22-20(18)26-23-11)19(24)21-15-8-9-25-17-5-3-2-4-13(15)17/h2-5,10,12,15H,6-9H2,1H3,(H,21,24). The smallest absolute Gasteiger partial charge is 0.259 e. The van der Waals surface area contributed by atoms with Crippen molar-refractivity contribution < 1.29 is 14.1 Å². The van der Waals surface area contributed by atoms with Crippen LogP contribution >= 0.6 is 0 Å². The van der Waals surface area contributed by atoms with E-state index < -0.39 is 0 Å². The number of fused-ring (bicyclic) bond motifs is 2. The van der Waals surface area contributed by atoms with Crippen LogP contribution in [0.1, 0.15) is 58.5 Å². The Kier molecular flexibility index (Phi) is 3.45. The lowest BCUT2D eigenvalue weighted by molar-refractivity contribution is 0.0926. The number of benzene rings is 1. The molecule has 2 aliphatic rings. The first-order chi connectivity index (χ1) is 12.7. The molecule has 0 saturated heterocycles. The van der Waals surface area contributed by atoms with Crippen LogP contribution in [0.15, 0.2) is 34.9 Å². The molecular weight excluding hydrogens is 330 g/mol. The predicted octanol–water partition coefficient (Wildman–Crippen LogP) is 3.66. The van der Waals surface area contributed by atoms with Crippen molar-refractivity contribution in [2.75, 3.05) is 6.61 Å². The predicted molar refractivity (Wildman–Crippen MR) is 95.3 cm³/mol. The summed E-state index contributed by atoms with van der Waals surface area (Å²) in [4.78, 5) is 17.7. The zero-order valence-corrected chi connectivity index (χ0v) is 14.5. The van der Waals surface area contributed by atoms with Gasteiger partial charge in [-0.25, -0.2) is 4.98 Å². The number of ether oxygens (including phenoxy) is 1. The van der Waals surface area contributed by atoms with Crippen LogP contribution in [-0.4, -0.2) is 22.7 Å². The van der Waals surface area contributed by atoms with E-state index in [4.69, 9.17) is 9.26 Å². The molecule has 1 aliphatic carbocycles. The van der Waals surface area contributed by atoms with Gasteiger partial charge in [-0.1, -0.05) is 23.4 Å². The molecule has 132 valence electrons. The Morgan fingerprint density at radius 3 is 2.92 bits per heavy atom. The number of hydrogen-bond acceptors (Lipinski definition) is 5. The molecule has 0 spiro atoms. The number of nitrogens with zero attached hydrogens (tertiary/aromatic N) is 2. The molecule has 1 fully saturated rings. The topological polar surface area (TPSA) is 77.2 Å². The van der Waals surface area contributed by atoms with E-state index in [-0.39, 0.29) is 11.9 Å². The highest BCUT2D eigenvalue weighted by Gasteiger charge is 2.30. The molecule has 3 heterocycles. The molecule has 6 heteroatoms. The molecule has 1 amide bonds. The van der Waals surface area contributed by atoms with Crippen LogP contribution in [0.4, 0.5) is 0 Å². The van der Waals surface area contributed by atoms with Gasteiger partial charge in [0.05, 0.1) is 29.3 Å². The van der Waals surface area contributed by atoms with Crippen molar-refractivity contribution >= 4 is 17.0 Å². The van der Waals surface area contributed by atoms with Crippen LogP contribution in [0.5, 0.6) is 5.75 Å². The average molecular weight is 349 g/mol. The Bertz CT molecular complexity index is 1010. The number of rotatable bonds is 3. The molecule has 0 bridgehead atoms. The minimum absolute atomic E-state index is 0.0693. The van der Waals surface area contributed by atoms with Crippen molar-refractivity contribution in [1.82, 2.24) is 15.5 Å². The summed E-state index contributed by atoms with van der Waals surface area (Å²) in [5.74, 6) is 1.15. The summed E-state index contributed by atoms with van der Waals surface area (Å²) in [7, 11) is 0. The number of aryl methyl sites for hydroxylation is 1. The second-order valence-electron chi connectivity index (χ2n) is 7.02. The van der Waals surface area contributed by atoms with Gasteiger partial charge in [-0.3, -0.25) is 4.79 Å². The van der Waals surface area contributed by atoms with Crippen LogP contribution in [0.25, 0.3) is 11.1 Å². The van der Waals surface area contributed by atoms with Crippen LogP contribution in [0.2, 0.25) is 0 Å². The Labute approximate surface area is 150 Å². The third-order valence-corrected chi connectivity index (χ3v) is 5.14. The second-order valence-corrected chi connectivity index (χ2v) is 7.02. The van der Waals surface area contributed by atoms with Gasteiger partial charge in [0.2, 0.25) is 0 Å². The highest BCUT2D eigenvalue weighted by atomic mass is 16.5. The van der Waals surface area contributed by atoms with Crippen LogP contribution in [-0.2, 0) is 0 Å². The molecule has 1 aliphatic heterocycles. The van der Waals surface area contributed by atoms with Gasteiger partial charge in [-0.05, 0) is 31.9 Å². The summed E-state index contributed by atoms with van der Waals surface area (Å²) < 4.78 is 11.0. The molecule has 26 heavy (non-hydrogen) atoms. The maximum atomic E-state index is 13.1. The fraction of sp³-hybridized carbons (Fsp3) is 0.350. The summed E-state index contributed by atoms with van der Waals surface area (Å²) in [6, 6.07) is 9.69. The maximum absolute atomic E-state index is 13.1. The van der Waals surface area contributed by atoms with Gasteiger partial charge in [0.25, 0.3) is 11.6 Å². The highest BCUT2D eigenvalue weighted by Crippen LogP contribution is 2.40. The number of amides is 1. The molecule has 0 radical (unpaired) electrons. The molecule has 1 aromatic carbocycles. The van der Waals surface area contributed by atoms with Crippen molar-refractivity contribution in [3.8, 4) is 5.75 Å². The minimum Gasteiger partial charge on any atom is -0.493 e. The Balaban J connectivity index is 1.52. The first-order valence-electron chi connectivity index (χ1n) is 9.00. The van der Waals surface area contributed by atoms with E-state index in [2.05, 4.69) is 15.5 Å². The molecule has 2 aromatic heterocycles. The molecule has 1 unspecified atom stereocenters. The Hall–Kier alpha value is -2.89. The maximum Gasteiger partial charge on any atom is 0.259 e. The number of nitrogens with one attached hydrogen (secondary N) is 1. The summed E-state index contributed by atoms with van der Waals surface area (Å²) >= 11 is 0. The number of para-hydroxylation sites is 1. The Morgan fingerprint density at radius 2 is 2.08 bits per heavy atom. The molecule has 1 saturated carbocycles. The molecule has 1 atom stereocenters. The Morgan fingerprint density at radius 1 is 1.23 bits per heavy atom. The van der Waals surface area contributed by atoms with Crippen LogP contribution in [0, 0.1) is 6.92 Å². The third-order valence-electron chi connectivity index (χ3n) is 5.14. The summed E-state index contributed by atoms with van der Waals surface area (Å²) in [6.07, 6.45) is 2.97. The van der Waals surface area contributed by atoms with Crippen LogP contribution in [0.3, 0.4) is 0 Å². The van der Waals surface area contributed by atoms with E-state index in [0.717, 1.165) is 36.3 Å². The van der Waals surface area contributed by atoms with Crippen molar-refractivity contribution in [2.45, 2.75) is 38.1 Å². The lowest BCUT2D eigenvalue weighted by Crippen LogP contribution is -2.32. The minimum atomic E-state index is -0.118. The second kappa shape index (κ2) is 5.83. The fourth-order valence-corrected chi connectivity index (χ4v) is 3.61. The summed E-state index contributed by atoms with van der Waals surface area (Å²) in [5, 5.41) is 7.88. The first kappa shape index (κ1) is 15.4. The fourth-order valence-electron chi connectivity index (χ4n) is 3.61. The lowest BCUT2D eigenvalue weighted by atomic mass is 9.99. The summed E-state index contributed by atoms with van der Waals surface area (Å²) in [6.45, 7) is 2.43. The average Bonchev–Trinajstić information content (AvgIpc) is 3.45. The van der Waals surface area contributed by atoms with Crippen molar-refractivity contribution in [1.29, 1.82) is 0 Å². The van der Waals surface area contributed by atoms with Gasteiger partial charge in [0, 0.05) is 23.6 Å². The first-order valence-corrected chi connectivity index (χ1v) is 9.00. The van der Waals surface area contributed by atoms with Gasteiger partial charge in [0.1, 0.15) is 5.75 Å². The molecule has 3 aromatic rings. The van der Waals surface area contributed by atoms with Gasteiger partial charge in [-0.2, -0.15) is 0 Å². The van der Waals surface area contributed by atoms with E-state index in [1.165, 1.54) is 0 Å². The molecule has 6 nitrogen and oxygen atoms in total. The van der Waals surface area contributed by atoms with Gasteiger partial charge in [0.15, 0.2) is 0 Å². The van der Waals surface area contributed by atoms with E-state index in [9.17, 15) is 4.79 Å². The number of aromatic nitrogens is 2. The third kappa shape index (κ3) is 2.53. The van der Waals surface area contributed by atoms with Crippen molar-refractivity contribution in [3.63, 3.8) is 0 Å². The van der Waals surface area contributed by atoms with Crippen LogP contribution < -0.4 is 10.1 Å². The van der Waals surface area contributed by atoms with Gasteiger partial charge >= 0.3 is 0 Å².